The van der Waals surface area contributed by atoms with Crippen LogP contribution >= 0.6 is 0 Å². The fourth-order valence-electron chi connectivity index (χ4n) is 5.62. The van der Waals surface area contributed by atoms with Gasteiger partial charge >= 0.3 is 29.8 Å². The number of ether oxygens (including phenoxy) is 2. The van der Waals surface area contributed by atoms with Gasteiger partial charge in [0.2, 0.25) is 0 Å². The van der Waals surface area contributed by atoms with Gasteiger partial charge in [-0.3, -0.25) is 10.1 Å². The molecule has 58 heavy (non-hydrogen) atoms. The summed E-state index contributed by atoms with van der Waals surface area (Å²) in [6.07, 6.45) is -0.0216. The van der Waals surface area contributed by atoms with Crippen molar-refractivity contribution >= 4 is 52.5 Å². The Hall–Kier alpha value is -4.54. The van der Waals surface area contributed by atoms with E-state index in [2.05, 4.69) is 20.9 Å². The number of anilines is 1. The molecule has 2 rings (SSSR count). The number of nitro benzene ring substituents is 1. The van der Waals surface area contributed by atoms with Crippen LogP contribution in [0.5, 0.6) is 0 Å². The van der Waals surface area contributed by atoms with Crippen molar-refractivity contribution in [3.05, 3.63) is 58.1 Å². The maximum atomic E-state index is 12.6. The zero-order chi connectivity index (χ0) is 42.7. The summed E-state index contributed by atoms with van der Waals surface area (Å²) in [7, 11) is -5.66. The van der Waals surface area contributed by atoms with Gasteiger partial charge in [0.1, 0.15) is 25.0 Å². The summed E-state index contributed by atoms with van der Waals surface area (Å²) in [4.78, 5) is 37.5. The van der Waals surface area contributed by atoms with Crippen LogP contribution in [-0.2, 0) is 36.0 Å². The SMILES string of the molecule is CCO[Si](CCCNC(=O)OCCN(CCOC(=O)NCCC[Si](OCC)(OCC)OCC)c1ccc(N=Nc2ccc([N+](=O)[O-])cc2C#N)cc1)(OCC)OCC. The van der Waals surface area contributed by atoms with Crippen molar-refractivity contribution in [3.8, 4) is 6.07 Å². The molecular formula is C37H59N7O12Si2. The molecule has 0 aliphatic carbocycles. The van der Waals surface area contributed by atoms with E-state index < -0.39 is 34.7 Å². The lowest BCUT2D eigenvalue weighted by Crippen LogP contribution is -2.46. The number of rotatable bonds is 30. The summed E-state index contributed by atoms with van der Waals surface area (Å²) in [5.74, 6) is 0. The highest BCUT2D eigenvalue weighted by atomic mass is 28.4. The number of carbonyl (C=O) groups is 2. The summed E-state index contributed by atoms with van der Waals surface area (Å²) < 4.78 is 46.2. The zero-order valence-electron chi connectivity index (χ0n) is 34.5. The Labute approximate surface area is 343 Å². The highest BCUT2D eigenvalue weighted by Crippen LogP contribution is 2.27. The number of hydrogen-bond donors (Lipinski definition) is 2. The molecule has 2 aromatic carbocycles. The number of azo groups is 1. The second kappa shape index (κ2) is 28.0. The Morgan fingerprint density at radius 3 is 1.57 bits per heavy atom. The van der Waals surface area contributed by atoms with Crippen molar-refractivity contribution in [1.82, 2.24) is 10.6 Å². The number of nitriles is 1. The van der Waals surface area contributed by atoms with Crippen LogP contribution in [0.25, 0.3) is 0 Å². The number of nitro groups is 1. The number of hydrogen-bond acceptors (Lipinski definition) is 16. The zero-order valence-corrected chi connectivity index (χ0v) is 36.5. The molecule has 0 atom stereocenters. The largest absolute Gasteiger partial charge is 0.500 e. The van der Waals surface area contributed by atoms with Gasteiger partial charge in [0.15, 0.2) is 0 Å². The first-order valence-corrected chi connectivity index (χ1v) is 23.5. The summed E-state index contributed by atoms with van der Waals surface area (Å²) >= 11 is 0. The Morgan fingerprint density at radius 1 is 0.724 bits per heavy atom. The molecule has 0 spiro atoms. The van der Waals surface area contributed by atoms with E-state index in [9.17, 15) is 25.0 Å². The highest BCUT2D eigenvalue weighted by Gasteiger charge is 2.40. The molecule has 0 aliphatic rings. The molecule has 19 nitrogen and oxygen atoms in total. The first-order chi connectivity index (χ1) is 28.0. The van der Waals surface area contributed by atoms with Crippen LogP contribution in [0.2, 0.25) is 12.1 Å². The van der Waals surface area contributed by atoms with Gasteiger partial charge in [-0.25, -0.2) is 9.59 Å². The summed E-state index contributed by atoms with van der Waals surface area (Å²) in [5, 5.41) is 34.3. The molecular weight excluding hydrogens is 791 g/mol. The van der Waals surface area contributed by atoms with Crippen molar-refractivity contribution in [2.75, 3.05) is 83.9 Å². The molecule has 0 bridgehead atoms. The van der Waals surface area contributed by atoms with Crippen LogP contribution in [0.15, 0.2) is 52.7 Å². The van der Waals surface area contributed by atoms with Gasteiger partial charge in [-0.05, 0) is 84.7 Å². The topological polar surface area (TPSA) is 227 Å². The number of carbonyl (C=O) groups excluding carboxylic acids is 2. The molecule has 0 heterocycles. The molecule has 2 amide bonds. The van der Waals surface area contributed by atoms with Crippen LogP contribution in [0.3, 0.4) is 0 Å². The second-order valence-corrected chi connectivity index (χ2v) is 17.5. The normalized spacial score (nSPS) is 11.6. The van der Waals surface area contributed by atoms with E-state index in [1.807, 2.05) is 52.5 Å². The van der Waals surface area contributed by atoms with E-state index in [0.717, 1.165) is 6.07 Å². The lowest BCUT2D eigenvalue weighted by atomic mass is 10.2. The fraction of sp³-hybridized carbons (Fsp3) is 0.595. The lowest BCUT2D eigenvalue weighted by Gasteiger charge is -2.28. The van der Waals surface area contributed by atoms with Gasteiger partial charge < -0.3 is 51.6 Å². The lowest BCUT2D eigenvalue weighted by molar-refractivity contribution is -0.384. The van der Waals surface area contributed by atoms with E-state index >= 15 is 0 Å². The predicted molar refractivity (Wildman–Crippen MR) is 219 cm³/mol. The number of nitrogens with zero attached hydrogens (tertiary/aromatic N) is 5. The molecule has 2 N–H and O–H groups in total. The van der Waals surface area contributed by atoms with Gasteiger partial charge in [-0.1, -0.05) is 0 Å². The van der Waals surface area contributed by atoms with Crippen LogP contribution < -0.4 is 15.5 Å². The number of amides is 2. The quantitative estimate of drug-likeness (QED) is 0.0265. The van der Waals surface area contributed by atoms with E-state index in [-0.39, 0.29) is 43.2 Å². The molecule has 21 heteroatoms. The minimum Gasteiger partial charge on any atom is -0.448 e. The standard InChI is InChI=1S/C37H59N7O12Si2/c1-7-51-57(52-8-2,53-9-3)27-13-21-39-36(45)49-25-23-43(24-26-50-37(46)40-22-14-28-58(54-10-4,55-11-5)56-12-6)33-17-15-32(16-18-33)41-42-35-20-19-34(44(47)48)29-31(35)30-38/h15-20,29H,7-14,21-28H2,1-6H3,(H,39,45)(H,40,46). The highest BCUT2D eigenvalue weighted by molar-refractivity contribution is 6.61. The van der Waals surface area contributed by atoms with Gasteiger partial charge in [0.25, 0.3) is 5.69 Å². The molecule has 0 saturated heterocycles. The van der Waals surface area contributed by atoms with Gasteiger partial charge in [-0.2, -0.15) is 10.4 Å². The van der Waals surface area contributed by atoms with Crippen molar-refractivity contribution in [1.29, 1.82) is 5.26 Å². The number of nitrogens with one attached hydrogen (secondary N) is 2. The van der Waals surface area contributed by atoms with Crippen molar-refractivity contribution in [3.63, 3.8) is 0 Å². The minimum atomic E-state index is -2.83. The van der Waals surface area contributed by atoms with E-state index in [1.54, 1.807) is 24.3 Å². The average Bonchev–Trinajstić information content (AvgIpc) is 3.20. The van der Waals surface area contributed by atoms with Crippen molar-refractivity contribution < 1.29 is 50.5 Å². The number of benzene rings is 2. The van der Waals surface area contributed by atoms with Crippen molar-refractivity contribution in [2.45, 2.75) is 66.5 Å². The third-order valence-corrected chi connectivity index (χ3v) is 14.3. The maximum absolute atomic E-state index is 12.6. The summed E-state index contributed by atoms with van der Waals surface area (Å²) in [6, 6.07) is 13.7. The maximum Gasteiger partial charge on any atom is 0.500 e. The monoisotopic (exact) mass is 849 g/mol. The molecule has 2 aromatic rings. The van der Waals surface area contributed by atoms with E-state index in [1.165, 1.54) is 12.1 Å². The molecule has 0 saturated carbocycles. The number of alkyl carbamates (subject to hydrolysis) is 2. The predicted octanol–water partition coefficient (Wildman–Crippen LogP) is 7.02. The smallest absolute Gasteiger partial charge is 0.448 e. The van der Waals surface area contributed by atoms with Crippen LogP contribution in [0, 0.1) is 21.4 Å². The van der Waals surface area contributed by atoms with Gasteiger partial charge in [-0.15, -0.1) is 5.11 Å². The molecule has 0 aliphatic heterocycles. The second-order valence-electron chi connectivity index (χ2n) is 12.1. The molecule has 0 radical (unpaired) electrons. The third kappa shape index (κ3) is 17.9. The fourth-order valence-corrected chi connectivity index (χ4v) is 10.8. The Balaban J connectivity index is 2.04. The van der Waals surface area contributed by atoms with Gasteiger partial charge in [0.05, 0.1) is 29.3 Å². The molecule has 0 unspecified atom stereocenters. The average molecular weight is 850 g/mol. The molecule has 0 fully saturated rings. The Morgan fingerprint density at radius 2 is 1.17 bits per heavy atom. The Bertz CT molecular complexity index is 1510. The number of non-ortho nitro benzene ring substituents is 1. The van der Waals surface area contributed by atoms with E-state index in [4.69, 9.17) is 36.0 Å². The van der Waals surface area contributed by atoms with Crippen molar-refractivity contribution in [2.24, 2.45) is 10.2 Å². The summed E-state index contributed by atoms with van der Waals surface area (Å²) in [6.45, 7) is 15.4. The first kappa shape index (κ1) is 49.6. The summed E-state index contributed by atoms with van der Waals surface area (Å²) in [5.41, 5.74) is 1.14. The van der Waals surface area contributed by atoms with E-state index in [0.29, 0.717) is 89.0 Å². The molecule has 0 aromatic heterocycles. The third-order valence-electron chi connectivity index (χ3n) is 8.03. The van der Waals surface area contributed by atoms with Gasteiger partial charge in [0, 0.05) is 82.6 Å². The first-order valence-electron chi connectivity index (χ1n) is 19.6. The molecule has 322 valence electrons. The van der Waals surface area contributed by atoms with Crippen LogP contribution in [-0.4, -0.2) is 114 Å². The van der Waals surface area contributed by atoms with Crippen LogP contribution in [0.1, 0.15) is 59.9 Å². The minimum absolute atomic E-state index is 0.0156. The Kier molecular flexibility index (Phi) is 23.9. The van der Waals surface area contributed by atoms with Crippen LogP contribution in [0.4, 0.5) is 32.3 Å².